The second-order valence-electron chi connectivity index (χ2n) is 5.26. The number of para-hydroxylation sites is 1. The van der Waals surface area contributed by atoms with E-state index in [2.05, 4.69) is 0 Å². The minimum atomic E-state index is -3.58. The Morgan fingerprint density at radius 1 is 1.04 bits per heavy atom. The Balaban J connectivity index is 1.97. The molecule has 0 aliphatic carbocycles. The molecule has 1 heterocycles. The van der Waals surface area contributed by atoms with E-state index in [9.17, 15) is 8.42 Å². The third kappa shape index (κ3) is 3.11. The topological polar surface area (TPSA) is 55.8 Å². The van der Waals surface area contributed by atoms with E-state index in [-0.39, 0.29) is 10.3 Å². The van der Waals surface area contributed by atoms with Gasteiger partial charge in [0, 0.05) is 17.9 Å². The highest BCUT2D eigenvalue weighted by Crippen LogP contribution is 2.44. The van der Waals surface area contributed by atoms with Crippen LogP contribution >= 0.6 is 11.8 Å². The zero-order valence-corrected chi connectivity index (χ0v) is 15.1. The fraction of sp³-hybridized carbons (Fsp3) is 0.294. The summed E-state index contributed by atoms with van der Waals surface area (Å²) in [6.07, 6.45) is 0. The van der Waals surface area contributed by atoms with Crippen LogP contribution in [-0.2, 0) is 10.0 Å². The number of nitrogens with zero attached hydrogens (tertiary/aromatic N) is 1. The molecule has 1 unspecified atom stereocenters. The largest absolute Gasteiger partial charge is 0.497 e. The Morgan fingerprint density at radius 2 is 1.75 bits per heavy atom. The molecule has 1 saturated heterocycles. The molecule has 0 radical (unpaired) electrons. The number of rotatable bonds is 5. The summed E-state index contributed by atoms with van der Waals surface area (Å²) < 4.78 is 38.1. The van der Waals surface area contributed by atoms with Crippen LogP contribution in [0.4, 0.5) is 0 Å². The molecule has 5 nitrogen and oxygen atoms in total. The monoisotopic (exact) mass is 365 g/mol. The van der Waals surface area contributed by atoms with Crippen LogP contribution in [0.5, 0.6) is 11.5 Å². The van der Waals surface area contributed by atoms with Gasteiger partial charge in [-0.25, -0.2) is 8.42 Å². The summed E-state index contributed by atoms with van der Waals surface area (Å²) >= 11 is 1.60. The van der Waals surface area contributed by atoms with Gasteiger partial charge in [-0.15, -0.1) is 11.8 Å². The van der Waals surface area contributed by atoms with E-state index in [1.165, 1.54) is 4.31 Å². The maximum absolute atomic E-state index is 13.0. The first-order valence-electron chi connectivity index (χ1n) is 7.48. The molecule has 1 fully saturated rings. The molecule has 1 atom stereocenters. The van der Waals surface area contributed by atoms with Gasteiger partial charge in [-0.3, -0.25) is 0 Å². The number of ether oxygens (including phenoxy) is 2. The van der Waals surface area contributed by atoms with E-state index in [1.54, 1.807) is 50.2 Å². The number of sulfonamides is 1. The number of hydrogen-bond acceptors (Lipinski definition) is 5. The second kappa shape index (κ2) is 7.04. The molecular weight excluding hydrogens is 346 g/mol. The number of benzene rings is 2. The Morgan fingerprint density at radius 3 is 2.42 bits per heavy atom. The van der Waals surface area contributed by atoms with Gasteiger partial charge in [0.1, 0.15) is 11.5 Å². The smallest absolute Gasteiger partial charge is 0.244 e. The number of thioether (sulfide) groups is 1. The minimum absolute atomic E-state index is 0.269. The van der Waals surface area contributed by atoms with Crippen LogP contribution in [-0.4, -0.2) is 39.2 Å². The van der Waals surface area contributed by atoms with Crippen molar-refractivity contribution in [1.29, 1.82) is 0 Å². The van der Waals surface area contributed by atoms with Crippen molar-refractivity contribution in [3.05, 3.63) is 54.1 Å². The Kier molecular flexibility index (Phi) is 5.03. The third-order valence-corrected chi connectivity index (χ3v) is 7.17. The summed E-state index contributed by atoms with van der Waals surface area (Å²) in [6, 6.07) is 14.0. The van der Waals surface area contributed by atoms with Crippen molar-refractivity contribution >= 4 is 21.8 Å². The van der Waals surface area contributed by atoms with Gasteiger partial charge in [0.25, 0.3) is 0 Å². The van der Waals surface area contributed by atoms with Crippen LogP contribution < -0.4 is 9.47 Å². The van der Waals surface area contributed by atoms with Gasteiger partial charge in [0.2, 0.25) is 10.0 Å². The lowest BCUT2D eigenvalue weighted by Crippen LogP contribution is -2.30. The lowest BCUT2D eigenvalue weighted by molar-refractivity contribution is 0.390. The Labute approximate surface area is 146 Å². The number of hydrogen-bond donors (Lipinski definition) is 0. The Bertz CT molecular complexity index is 806. The fourth-order valence-corrected chi connectivity index (χ4v) is 5.96. The van der Waals surface area contributed by atoms with Crippen molar-refractivity contribution in [3.63, 3.8) is 0 Å². The van der Waals surface area contributed by atoms with Crippen LogP contribution in [0.1, 0.15) is 10.9 Å². The molecule has 0 saturated carbocycles. The van der Waals surface area contributed by atoms with Gasteiger partial charge >= 0.3 is 0 Å². The van der Waals surface area contributed by atoms with E-state index < -0.39 is 10.0 Å². The zero-order valence-electron chi connectivity index (χ0n) is 13.5. The molecule has 2 aromatic rings. The Hall–Kier alpha value is -1.70. The summed E-state index contributed by atoms with van der Waals surface area (Å²) in [4.78, 5) is 0.269. The van der Waals surface area contributed by atoms with Crippen LogP contribution in [0.15, 0.2) is 53.4 Å². The van der Waals surface area contributed by atoms with Gasteiger partial charge in [-0.2, -0.15) is 4.31 Å². The molecule has 2 aromatic carbocycles. The fourth-order valence-electron chi connectivity index (χ4n) is 2.70. The maximum Gasteiger partial charge on any atom is 0.244 e. The van der Waals surface area contributed by atoms with Crippen LogP contribution in [0.3, 0.4) is 0 Å². The van der Waals surface area contributed by atoms with Crippen LogP contribution in [0, 0.1) is 0 Å². The molecule has 0 spiro atoms. The van der Waals surface area contributed by atoms with E-state index in [0.29, 0.717) is 18.0 Å². The quantitative estimate of drug-likeness (QED) is 0.815. The molecule has 1 aliphatic heterocycles. The summed E-state index contributed by atoms with van der Waals surface area (Å²) in [7, 11) is -0.433. The molecule has 0 aromatic heterocycles. The van der Waals surface area contributed by atoms with Crippen LogP contribution in [0.2, 0.25) is 0 Å². The predicted octanol–water partition coefficient (Wildman–Crippen LogP) is 3.14. The molecule has 24 heavy (non-hydrogen) atoms. The average molecular weight is 365 g/mol. The molecule has 0 N–H and O–H groups in total. The lowest BCUT2D eigenvalue weighted by Gasteiger charge is -2.24. The van der Waals surface area contributed by atoms with Gasteiger partial charge in [-0.05, 0) is 30.3 Å². The summed E-state index contributed by atoms with van der Waals surface area (Å²) in [5.41, 5.74) is 0.875. The second-order valence-corrected chi connectivity index (χ2v) is 8.34. The van der Waals surface area contributed by atoms with Crippen molar-refractivity contribution in [1.82, 2.24) is 4.31 Å². The first-order valence-corrected chi connectivity index (χ1v) is 9.97. The molecular formula is C17H19NO4S2. The average Bonchev–Trinajstić information content (AvgIpc) is 3.12. The first kappa shape index (κ1) is 17.1. The summed E-state index contributed by atoms with van der Waals surface area (Å²) in [5.74, 6) is 2.08. The summed E-state index contributed by atoms with van der Waals surface area (Å²) in [5, 5.41) is -0.284. The standard InChI is InChI=1S/C17H19NO4S2/c1-21-13-7-9-14(10-8-13)24(19,20)18-11-12-23-17(18)15-5-3-4-6-16(15)22-2/h3-10,17H,11-12H2,1-2H3. The van der Waals surface area contributed by atoms with E-state index in [4.69, 9.17) is 9.47 Å². The highest BCUT2D eigenvalue weighted by Gasteiger charge is 2.38. The highest BCUT2D eigenvalue weighted by molar-refractivity contribution is 8.01. The molecule has 0 bridgehead atoms. The molecule has 7 heteroatoms. The van der Waals surface area contributed by atoms with Gasteiger partial charge < -0.3 is 9.47 Å². The van der Waals surface area contributed by atoms with Crippen molar-refractivity contribution in [3.8, 4) is 11.5 Å². The summed E-state index contributed by atoms with van der Waals surface area (Å²) in [6.45, 7) is 0.474. The first-order chi connectivity index (χ1) is 11.6. The van der Waals surface area contributed by atoms with Gasteiger partial charge in [0.15, 0.2) is 0 Å². The van der Waals surface area contributed by atoms with Gasteiger partial charge in [0.05, 0.1) is 24.5 Å². The molecule has 1 aliphatic rings. The normalized spacial score (nSPS) is 18.5. The van der Waals surface area contributed by atoms with E-state index in [1.807, 2.05) is 24.3 Å². The van der Waals surface area contributed by atoms with E-state index in [0.717, 1.165) is 11.3 Å². The highest BCUT2D eigenvalue weighted by atomic mass is 32.2. The molecule has 128 valence electrons. The SMILES string of the molecule is COc1ccc(S(=O)(=O)N2CCSC2c2ccccc2OC)cc1. The van der Waals surface area contributed by atoms with Crippen molar-refractivity contribution < 1.29 is 17.9 Å². The third-order valence-electron chi connectivity index (χ3n) is 3.92. The van der Waals surface area contributed by atoms with Crippen molar-refractivity contribution in [2.75, 3.05) is 26.5 Å². The number of methoxy groups -OCH3 is 2. The van der Waals surface area contributed by atoms with Crippen molar-refractivity contribution in [2.24, 2.45) is 0 Å². The molecule has 3 rings (SSSR count). The maximum atomic E-state index is 13.0. The predicted molar refractivity (Wildman–Crippen MR) is 95.1 cm³/mol. The lowest BCUT2D eigenvalue weighted by atomic mass is 10.2. The van der Waals surface area contributed by atoms with E-state index >= 15 is 0 Å². The van der Waals surface area contributed by atoms with Gasteiger partial charge in [-0.1, -0.05) is 18.2 Å². The zero-order chi connectivity index (χ0) is 17.2. The minimum Gasteiger partial charge on any atom is -0.497 e. The van der Waals surface area contributed by atoms with Crippen molar-refractivity contribution in [2.45, 2.75) is 10.3 Å². The van der Waals surface area contributed by atoms with Crippen LogP contribution in [0.25, 0.3) is 0 Å². The molecule has 0 amide bonds.